The second kappa shape index (κ2) is 8.96. The largest absolute Gasteiger partial charge is 0.481 e. The monoisotopic (exact) mass is 361 g/mol. The van der Waals surface area contributed by atoms with Gasteiger partial charge in [-0.3, -0.25) is 30.0 Å². The minimum absolute atomic E-state index is 0.136. The molecule has 0 aliphatic heterocycles. The normalized spacial score (nSPS) is 9.83. The van der Waals surface area contributed by atoms with E-state index < -0.39 is 30.2 Å². The lowest BCUT2D eigenvalue weighted by atomic mass is 10.2. The number of hydrazine groups is 1. The highest BCUT2D eigenvalue weighted by Crippen LogP contribution is 2.20. The summed E-state index contributed by atoms with van der Waals surface area (Å²) in [6.45, 7) is -0.406. The zero-order valence-corrected chi connectivity index (χ0v) is 13.2. The van der Waals surface area contributed by atoms with E-state index in [1.807, 2.05) is 10.9 Å². The van der Waals surface area contributed by atoms with Crippen molar-refractivity contribution in [2.75, 3.05) is 6.54 Å². The maximum Gasteiger partial charge on any atom is 0.303 e. The van der Waals surface area contributed by atoms with Crippen LogP contribution in [-0.2, 0) is 14.4 Å². The SMILES string of the molecule is O=C(O)CCC(=O)NNC(=O)CNC(=O)c1ccc(Cl)cc1Cl. The van der Waals surface area contributed by atoms with Crippen molar-refractivity contribution in [2.45, 2.75) is 12.8 Å². The summed E-state index contributed by atoms with van der Waals surface area (Å²) in [5.74, 6) is -3.06. The van der Waals surface area contributed by atoms with Crippen LogP contribution in [0.3, 0.4) is 0 Å². The Balaban J connectivity index is 2.36. The van der Waals surface area contributed by atoms with Crippen LogP contribution >= 0.6 is 23.2 Å². The summed E-state index contributed by atoms with van der Waals surface area (Å²) < 4.78 is 0. The molecule has 10 heteroatoms. The quantitative estimate of drug-likeness (QED) is 0.556. The number of nitrogens with one attached hydrogen (secondary N) is 3. The molecule has 0 aromatic heterocycles. The predicted octanol–water partition coefficient (Wildman–Crippen LogP) is 0.735. The zero-order valence-electron chi connectivity index (χ0n) is 11.7. The van der Waals surface area contributed by atoms with Crippen LogP contribution in [0.1, 0.15) is 23.2 Å². The van der Waals surface area contributed by atoms with Gasteiger partial charge in [-0.1, -0.05) is 23.2 Å². The highest BCUT2D eigenvalue weighted by molar-refractivity contribution is 6.36. The molecule has 1 aromatic rings. The lowest BCUT2D eigenvalue weighted by Crippen LogP contribution is -2.46. The van der Waals surface area contributed by atoms with Crippen molar-refractivity contribution in [2.24, 2.45) is 0 Å². The molecule has 4 N–H and O–H groups in total. The molecule has 0 saturated carbocycles. The summed E-state index contributed by atoms with van der Waals surface area (Å²) in [5.41, 5.74) is 4.21. The van der Waals surface area contributed by atoms with E-state index in [-0.39, 0.29) is 23.4 Å². The lowest BCUT2D eigenvalue weighted by molar-refractivity contribution is -0.139. The minimum atomic E-state index is -1.13. The van der Waals surface area contributed by atoms with Crippen molar-refractivity contribution in [3.63, 3.8) is 0 Å². The molecule has 0 atom stereocenters. The van der Waals surface area contributed by atoms with E-state index >= 15 is 0 Å². The molecule has 0 heterocycles. The third kappa shape index (κ3) is 6.98. The van der Waals surface area contributed by atoms with Crippen LogP contribution in [-0.4, -0.2) is 35.3 Å². The summed E-state index contributed by atoms with van der Waals surface area (Å²) in [4.78, 5) is 44.7. The molecule has 0 spiro atoms. The van der Waals surface area contributed by atoms with Crippen LogP contribution in [0.25, 0.3) is 0 Å². The number of carboxylic acid groups (broad SMARTS) is 1. The first-order chi connectivity index (χ1) is 10.8. The molecule has 0 aliphatic carbocycles. The maximum atomic E-state index is 11.8. The predicted molar refractivity (Wildman–Crippen MR) is 82.0 cm³/mol. The molecule has 0 fully saturated rings. The van der Waals surface area contributed by atoms with Crippen molar-refractivity contribution in [1.82, 2.24) is 16.2 Å². The second-order valence-electron chi connectivity index (χ2n) is 4.30. The number of amides is 3. The first-order valence-corrected chi connectivity index (χ1v) is 7.08. The van der Waals surface area contributed by atoms with Gasteiger partial charge in [0.15, 0.2) is 0 Å². The number of rotatable bonds is 6. The number of aliphatic carboxylic acids is 1. The molecule has 8 nitrogen and oxygen atoms in total. The topological polar surface area (TPSA) is 125 Å². The third-order valence-corrected chi connectivity index (χ3v) is 3.04. The van der Waals surface area contributed by atoms with Crippen LogP contribution in [0.2, 0.25) is 10.0 Å². The smallest absolute Gasteiger partial charge is 0.303 e. The molecule has 0 bridgehead atoms. The second-order valence-corrected chi connectivity index (χ2v) is 5.14. The first-order valence-electron chi connectivity index (χ1n) is 6.32. The van der Waals surface area contributed by atoms with Crippen molar-refractivity contribution in [1.29, 1.82) is 0 Å². The van der Waals surface area contributed by atoms with Crippen molar-refractivity contribution < 1.29 is 24.3 Å². The Hall–Kier alpha value is -2.32. The van der Waals surface area contributed by atoms with Gasteiger partial charge in [0.2, 0.25) is 5.91 Å². The Labute approximate surface area is 141 Å². The van der Waals surface area contributed by atoms with E-state index in [1.165, 1.54) is 18.2 Å². The first kappa shape index (κ1) is 18.7. The number of halogens is 2. The summed E-state index contributed by atoms with van der Waals surface area (Å²) in [6.07, 6.45) is -0.629. The number of carbonyl (C=O) groups excluding carboxylic acids is 3. The molecule has 3 amide bonds. The fourth-order valence-corrected chi connectivity index (χ4v) is 1.89. The van der Waals surface area contributed by atoms with Gasteiger partial charge in [-0.15, -0.1) is 0 Å². The molecule has 124 valence electrons. The number of hydrogen-bond acceptors (Lipinski definition) is 4. The number of carbonyl (C=O) groups is 4. The Morgan fingerprint density at radius 2 is 1.65 bits per heavy atom. The Bertz CT molecular complexity index is 636. The highest BCUT2D eigenvalue weighted by Gasteiger charge is 2.12. The van der Waals surface area contributed by atoms with Crippen LogP contribution in [0.4, 0.5) is 0 Å². The molecule has 1 rings (SSSR count). The molecule has 0 unspecified atom stereocenters. The summed E-state index contributed by atoms with van der Waals surface area (Å²) >= 11 is 11.6. The number of benzene rings is 1. The van der Waals surface area contributed by atoms with Gasteiger partial charge >= 0.3 is 5.97 Å². The fourth-order valence-electron chi connectivity index (χ4n) is 1.40. The molecular formula is C13H13Cl2N3O5. The van der Waals surface area contributed by atoms with E-state index in [4.69, 9.17) is 28.3 Å². The molecular weight excluding hydrogens is 349 g/mol. The molecule has 0 saturated heterocycles. The summed E-state index contributed by atoms with van der Waals surface area (Å²) in [5, 5.41) is 11.2. The van der Waals surface area contributed by atoms with Gasteiger partial charge in [0.05, 0.1) is 23.6 Å². The van der Waals surface area contributed by atoms with E-state index in [0.29, 0.717) is 5.02 Å². The molecule has 1 aromatic carbocycles. The highest BCUT2D eigenvalue weighted by atomic mass is 35.5. The Kier molecular flexibility index (Phi) is 7.30. The number of carboxylic acids is 1. The van der Waals surface area contributed by atoms with Crippen molar-refractivity contribution >= 4 is 46.9 Å². The van der Waals surface area contributed by atoms with Crippen LogP contribution in [0, 0.1) is 0 Å². The average molecular weight is 362 g/mol. The maximum absolute atomic E-state index is 11.8. The van der Waals surface area contributed by atoms with E-state index in [9.17, 15) is 19.2 Å². The van der Waals surface area contributed by atoms with Gasteiger partial charge in [-0.2, -0.15) is 0 Å². The summed E-state index contributed by atoms with van der Waals surface area (Å²) in [7, 11) is 0. The van der Waals surface area contributed by atoms with Crippen molar-refractivity contribution in [3.05, 3.63) is 33.8 Å². The summed E-state index contributed by atoms with van der Waals surface area (Å²) in [6, 6.07) is 4.28. The van der Waals surface area contributed by atoms with E-state index in [2.05, 4.69) is 5.32 Å². The van der Waals surface area contributed by atoms with Gasteiger partial charge < -0.3 is 10.4 Å². The number of hydrogen-bond donors (Lipinski definition) is 4. The van der Waals surface area contributed by atoms with Crippen molar-refractivity contribution in [3.8, 4) is 0 Å². The lowest BCUT2D eigenvalue weighted by Gasteiger charge is -2.09. The van der Waals surface area contributed by atoms with Crippen LogP contribution in [0.5, 0.6) is 0 Å². The Morgan fingerprint density at radius 3 is 2.26 bits per heavy atom. The minimum Gasteiger partial charge on any atom is -0.481 e. The van der Waals surface area contributed by atoms with Crippen LogP contribution in [0.15, 0.2) is 18.2 Å². The van der Waals surface area contributed by atoms with E-state index in [1.54, 1.807) is 0 Å². The van der Waals surface area contributed by atoms with Gasteiger partial charge in [-0.05, 0) is 18.2 Å². The zero-order chi connectivity index (χ0) is 17.4. The van der Waals surface area contributed by atoms with Gasteiger partial charge in [0.25, 0.3) is 11.8 Å². The molecule has 0 radical (unpaired) electrons. The third-order valence-electron chi connectivity index (χ3n) is 2.49. The van der Waals surface area contributed by atoms with Gasteiger partial charge in [0, 0.05) is 11.4 Å². The Morgan fingerprint density at radius 1 is 1.00 bits per heavy atom. The van der Waals surface area contributed by atoms with Gasteiger partial charge in [0.1, 0.15) is 0 Å². The van der Waals surface area contributed by atoms with Gasteiger partial charge in [-0.25, -0.2) is 0 Å². The van der Waals surface area contributed by atoms with E-state index in [0.717, 1.165) is 0 Å². The molecule has 0 aliphatic rings. The average Bonchev–Trinajstić information content (AvgIpc) is 2.48. The molecule has 23 heavy (non-hydrogen) atoms. The fraction of sp³-hybridized carbons (Fsp3) is 0.231. The standard InChI is InChI=1S/C13H13Cl2N3O5/c14-7-1-2-8(9(15)5-7)13(23)16-6-11(20)18-17-10(19)3-4-12(21)22/h1-2,5H,3-4,6H2,(H,16,23)(H,17,19)(H,18,20)(H,21,22). The van der Waals surface area contributed by atoms with Crippen LogP contribution < -0.4 is 16.2 Å².